The lowest BCUT2D eigenvalue weighted by molar-refractivity contribution is 0.0377. The van der Waals surface area contributed by atoms with Gasteiger partial charge in [0, 0.05) is 5.02 Å². The van der Waals surface area contributed by atoms with Gasteiger partial charge in [0.25, 0.3) is 10.0 Å². The highest BCUT2D eigenvalue weighted by Crippen LogP contribution is 2.22. The highest BCUT2D eigenvalue weighted by Gasteiger charge is 2.20. The van der Waals surface area contributed by atoms with Crippen LogP contribution in [-0.4, -0.2) is 32.6 Å². The molecule has 0 aliphatic heterocycles. The van der Waals surface area contributed by atoms with Gasteiger partial charge in [0.05, 0.1) is 33.9 Å². The van der Waals surface area contributed by atoms with Crippen molar-refractivity contribution in [2.45, 2.75) is 44.8 Å². The van der Waals surface area contributed by atoms with Crippen LogP contribution in [0.5, 0.6) is 0 Å². The number of carbonyl (C=O) groups excluding carboxylic acids is 2. The number of benzene rings is 2. The molecule has 2 rings (SSSR count). The summed E-state index contributed by atoms with van der Waals surface area (Å²) in [7, 11) is -3.97. The van der Waals surface area contributed by atoms with E-state index < -0.39 is 22.0 Å². The molecular formula is C20H22ClNO6S. The van der Waals surface area contributed by atoms with Crippen LogP contribution in [0, 0.1) is 0 Å². The van der Waals surface area contributed by atoms with Gasteiger partial charge in [0.2, 0.25) is 0 Å². The Morgan fingerprint density at radius 3 is 1.72 bits per heavy atom. The van der Waals surface area contributed by atoms with Crippen molar-refractivity contribution in [1.82, 2.24) is 0 Å². The summed E-state index contributed by atoms with van der Waals surface area (Å²) in [6.45, 7) is 6.72. The SMILES string of the molecule is CC(C)OC(=O)c1cc(NS(=O)(=O)c2ccc(Cl)cc2)cc(C(=O)OC(C)C)c1. The molecule has 0 bridgehead atoms. The second kappa shape index (κ2) is 9.28. The Balaban J connectivity index is 2.44. The summed E-state index contributed by atoms with van der Waals surface area (Å²) >= 11 is 5.80. The number of esters is 2. The monoisotopic (exact) mass is 439 g/mol. The number of nitrogens with one attached hydrogen (secondary N) is 1. The van der Waals surface area contributed by atoms with Gasteiger partial charge >= 0.3 is 11.9 Å². The van der Waals surface area contributed by atoms with E-state index >= 15 is 0 Å². The van der Waals surface area contributed by atoms with Crippen LogP contribution in [0.25, 0.3) is 0 Å². The summed E-state index contributed by atoms with van der Waals surface area (Å²) in [5, 5.41) is 0.390. The van der Waals surface area contributed by atoms with E-state index in [1.165, 1.54) is 42.5 Å². The van der Waals surface area contributed by atoms with Crippen molar-refractivity contribution in [3.8, 4) is 0 Å². The molecule has 0 aromatic heterocycles. The standard InChI is InChI=1S/C20H22ClNO6S/c1-12(2)27-19(23)14-9-15(20(24)28-13(3)4)11-17(10-14)22-29(25,26)18-7-5-16(21)6-8-18/h5-13,22H,1-4H3. The van der Waals surface area contributed by atoms with Crippen LogP contribution in [0.15, 0.2) is 47.4 Å². The van der Waals surface area contributed by atoms with Crippen molar-refractivity contribution >= 4 is 39.3 Å². The first-order valence-corrected chi connectivity index (χ1v) is 10.7. The maximum Gasteiger partial charge on any atom is 0.338 e. The fraction of sp³-hybridized carbons (Fsp3) is 0.300. The molecule has 1 N–H and O–H groups in total. The van der Waals surface area contributed by atoms with Gasteiger partial charge in [-0.05, 0) is 70.2 Å². The van der Waals surface area contributed by atoms with Crippen LogP contribution in [0.1, 0.15) is 48.4 Å². The van der Waals surface area contributed by atoms with E-state index in [0.29, 0.717) is 5.02 Å². The summed E-state index contributed by atoms with van der Waals surface area (Å²) in [6.07, 6.45) is -0.772. The minimum atomic E-state index is -3.97. The summed E-state index contributed by atoms with van der Waals surface area (Å²) in [5.74, 6) is -1.38. The molecule has 0 radical (unpaired) electrons. The summed E-state index contributed by atoms with van der Waals surface area (Å²) in [5.41, 5.74) is 0.0605. The Morgan fingerprint density at radius 2 is 1.31 bits per heavy atom. The number of ether oxygens (including phenoxy) is 2. The molecule has 0 saturated heterocycles. The van der Waals surface area contributed by atoms with Crippen LogP contribution in [0.4, 0.5) is 5.69 Å². The molecule has 9 heteroatoms. The number of carbonyl (C=O) groups is 2. The Bertz CT molecular complexity index is 960. The molecule has 2 aromatic carbocycles. The van der Waals surface area contributed by atoms with Crippen molar-refractivity contribution in [3.63, 3.8) is 0 Å². The fourth-order valence-electron chi connectivity index (χ4n) is 2.31. The van der Waals surface area contributed by atoms with Gasteiger partial charge in [-0.2, -0.15) is 0 Å². The van der Waals surface area contributed by atoms with E-state index in [2.05, 4.69) is 4.72 Å². The zero-order valence-corrected chi connectivity index (χ0v) is 18.0. The van der Waals surface area contributed by atoms with E-state index in [4.69, 9.17) is 21.1 Å². The summed E-state index contributed by atoms with van der Waals surface area (Å²) < 4.78 is 38.0. The van der Waals surface area contributed by atoms with E-state index in [-0.39, 0.29) is 33.9 Å². The number of sulfonamides is 1. The molecule has 0 spiro atoms. The van der Waals surface area contributed by atoms with E-state index in [0.717, 1.165) is 0 Å². The quantitative estimate of drug-likeness (QED) is 0.647. The molecule has 0 atom stereocenters. The van der Waals surface area contributed by atoms with E-state index in [1.54, 1.807) is 27.7 Å². The lowest BCUT2D eigenvalue weighted by atomic mass is 10.1. The first-order valence-electron chi connectivity index (χ1n) is 8.83. The van der Waals surface area contributed by atoms with E-state index in [9.17, 15) is 18.0 Å². The van der Waals surface area contributed by atoms with Crippen LogP contribution < -0.4 is 4.72 Å². The van der Waals surface area contributed by atoms with Crippen molar-refractivity contribution in [2.24, 2.45) is 0 Å². The maximum atomic E-state index is 12.6. The largest absolute Gasteiger partial charge is 0.459 e. The molecule has 0 unspecified atom stereocenters. The van der Waals surface area contributed by atoms with Gasteiger partial charge in [-0.25, -0.2) is 18.0 Å². The van der Waals surface area contributed by atoms with E-state index in [1.807, 2.05) is 0 Å². The second-order valence-corrected chi connectivity index (χ2v) is 8.89. The third-order valence-corrected chi connectivity index (χ3v) is 5.12. The molecule has 0 amide bonds. The minimum Gasteiger partial charge on any atom is -0.459 e. The Labute approximate surface area is 175 Å². The number of halogens is 1. The van der Waals surface area contributed by atoms with Gasteiger partial charge in [-0.15, -0.1) is 0 Å². The van der Waals surface area contributed by atoms with Gasteiger partial charge < -0.3 is 9.47 Å². The minimum absolute atomic E-state index is 0.0192. The van der Waals surface area contributed by atoms with Gasteiger partial charge in [0.1, 0.15) is 0 Å². The Kier molecular flexibility index (Phi) is 7.26. The normalized spacial score (nSPS) is 11.4. The van der Waals surface area contributed by atoms with Crippen molar-refractivity contribution in [1.29, 1.82) is 0 Å². The highest BCUT2D eigenvalue weighted by molar-refractivity contribution is 7.92. The van der Waals surface area contributed by atoms with Crippen LogP contribution in [-0.2, 0) is 19.5 Å². The van der Waals surface area contributed by atoms with Crippen LogP contribution in [0.3, 0.4) is 0 Å². The van der Waals surface area contributed by atoms with Gasteiger partial charge in [-0.3, -0.25) is 4.72 Å². The molecule has 2 aromatic rings. The lowest BCUT2D eigenvalue weighted by Crippen LogP contribution is -2.17. The number of rotatable bonds is 7. The first-order chi connectivity index (χ1) is 13.5. The van der Waals surface area contributed by atoms with Crippen LogP contribution >= 0.6 is 11.6 Å². The molecule has 0 heterocycles. The molecule has 29 heavy (non-hydrogen) atoms. The molecule has 0 fully saturated rings. The average Bonchev–Trinajstić information content (AvgIpc) is 2.60. The number of anilines is 1. The number of hydrogen-bond acceptors (Lipinski definition) is 6. The summed E-state index contributed by atoms with van der Waals surface area (Å²) in [6, 6.07) is 9.46. The molecule has 0 aliphatic carbocycles. The molecule has 156 valence electrons. The predicted octanol–water partition coefficient (Wildman–Crippen LogP) is 4.27. The average molecular weight is 440 g/mol. The fourth-order valence-corrected chi connectivity index (χ4v) is 3.48. The zero-order chi connectivity index (χ0) is 21.8. The molecule has 7 nitrogen and oxygen atoms in total. The second-order valence-electron chi connectivity index (χ2n) is 6.77. The van der Waals surface area contributed by atoms with Crippen molar-refractivity contribution in [3.05, 3.63) is 58.6 Å². The summed E-state index contributed by atoms with van der Waals surface area (Å²) in [4.78, 5) is 24.6. The topological polar surface area (TPSA) is 98.8 Å². The Morgan fingerprint density at radius 1 is 0.862 bits per heavy atom. The third kappa shape index (κ3) is 6.47. The molecule has 0 saturated carbocycles. The smallest absolute Gasteiger partial charge is 0.338 e. The third-order valence-electron chi connectivity index (χ3n) is 3.47. The van der Waals surface area contributed by atoms with Gasteiger partial charge in [0.15, 0.2) is 0 Å². The maximum absolute atomic E-state index is 12.6. The predicted molar refractivity (Wildman–Crippen MR) is 110 cm³/mol. The van der Waals surface area contributed by atoms with Gasteiger partial charge in [-0.1, -0.05) is 11.6 Å². The Hall–Kier alpha value is -2.58. The van der Waals surface area contributed by atoms with Crippen molar-refractivity contribution in [2.75, 3.05) is 4.72 Å². The molecule has 0 aliphatic rings. The first kappa shape index (κ1) is 22.7. The zero-order valence-electron chi connectivity index (χ0n) is 16.4. The molecular weight excluding hydrogens is 418 g/mol. The van der Waals surface area contributed by atoms with Crippen molar-refractivity contribution < 1.29 is 27.5 Å². The van der Waals surface area contributed by atoms with Crippen LogP contribution in [0.2, 0.25) is 5.02 Å². The lowest BCUT2D eigenvalue weighted by Gasteiger charge is -2.14. The highest BCUT2D eigenvalue weighted by atomic mass is 35.5. The number of hydrogen-bond donors (Lipinski definition) is 1.